The first-order valence-corrected chi connectivity index (χ1v) is 8.97. The summed E-state index contributed by atoms with van der Waals surface area (Å²) in [7, 11) is -2.54. The van der Waals surface area contributed by atoms with Gasteiger partial charge in [-0.1, -0.05) is 0 Å². The highest BCUT2D eigenvalue weighted by atomic mass is 32.2. The minimum atomic E-state index is -3.74. The summed E-state index contributed by atoms with van der Waals surface area (Å²) < 4.78 is 31.3. The Balaban J connectivity index is 2.30. The Labute approximate surface area is 128 Å². The lowest BCUT2D eigenvalue weighted by Gasteiger charge is -2.33. The third-order valence-electron chi connectivity index (χ3n) is 3.65. The first-order valence-electron chi connectivity index (χ1n) is 6.65. The van der Waals surface area contributed by atoms with Crippen LogP contribution in [0.15, 0.2) is 9.72 Å². The number of esters is 1. The number of hydrogen-bond acceptors (Lipinski definition) is 7. The number of carbonyl (C=O) groups excluding carboxylic acids is 1. The summed E-state index contributed by atoms with van der Waals surface area (Å²) >= 11 is 0.931. The van der Waals surface area contributed by atoms with Crippen molar-refractivity contribution in [3.05, 3.63) is 11.2 Å². The number of hydrogen-bond donors (Lipinski definition) is 1. The molecule has 2 atom stereocenters. The van der Waals surface area contributed by atoms with Crippen LogP contribution in [0.2, 0.25) is 0 Å². The molecule has 2 rings (SSSR count). The van der Waals surface area contributed by atoms with Gasteiger partial charge in [0.2, 0.25) is 0 Å². The van der Waals surface area contributed by atoms with Crippen molar-refractivity contribution in [2.75, 3.05) is 20.2 Å². The van der Waals surface area contributed by atoms with Crippen LogP contribution >= 0.6 is 11.3 Å². The molecule has 9 heteroatoms. The highest BCUT2D eigenvalue weighted by molar-refractivity contribution is 7.91. The zero-order chi connectivity index (χ0) is 15.6. The molecule has 118 valence electrons. The minimum Gasteiger partial charge on any atom is -0.464 e. The molecule has 0 saturated carbocycles. The molecule has 0 bridgehead atoms. The molecular formula is C12H19N3O4S2. The van der Waals surface area contributed by atoms with Crippen LogP contribution in [-0.4, -0.2) is 49.9 Å². The largest absolute Gasteiger partial charge is 0.464 e. The van der Waals surface area contributed by atoms with Crippen molar-refractivity contribution in [1.82, 2.24) is 9.29 Å². The summed E-state index contributed by atoms with van der Waals surface area (Å²) in [6.45, 7) is 2.69. The molecule has 0 radical (unpaired) electrons. The van der Waals surface area contributed by atoms with Crippen molar-refractivity contribution < 1.29 is 17.9 Å². The first kappa shape index (κ1) is 16.3. The van der Waals surface area contributed by atoms with Gasteiger partial charge in [0.05, 0.1) is 12.6 Å². The molecule has 2 unspecified atom stereocenters. The zero-order valence-corrected chi connectivity index (χ0v) is 13.6. The Bertz CT molecular complexity index is 612. The molecule has 0 aliphatic carbocycles. The lowest BCUT2D eigenvalue weighted by Crippen LogP contribution is -2.45. The molecule has 2 heterocycles. The fourth-order valence-corrected chi connectivity index (χ4v) is 5.20. The van der Waals surface area contributed by atoms with E-state index in [9.17, 15) is 13.2 Å². The second kappa shape index (κ2) is 6.39. The second-order valence-corrected chi connectivity index (χ2v) is 8.09. The number of rotatable bonds is 4. The number of piperidine rings is 1. The normalized spacial score (nSPS) is 22.0. The molecule has 2 N–H and O–H groups in total. The lowest BCUT2D eigenvalue weighted by atomic mass is 9.93. The van der Waals surface area contributed by atoms with E-state index in [0.717, 1.165) is 24.2 Å². The molecule has 0 amide bonds. The Hall–Kier alpha value is -1.03. The molecular weight excluding hydrogens is 314 g/mol. The maximum Gasteiger partial charge on any atom is 0.358 e. The monoisotopic (exact) mass is 333 g/mol. The molecule has 21 heavy (non-hydrogen) atoms. The standard InChI is InChI=1S/C12H19N3O4S2/c1-8(13)9-4-3-5-15(6-9)21(17,18)12-10(11(16)19-2)14-7-20-12/h7-9H,3-6,13H2,1-2H3. The fourth-order valence-electron chi connectivity index (χ4n) is 2.39. The smallest absolute Gasteiger partial charge is 0.358 e. The fraction of sp³-hybridized carbons (Fsp3) is 0.667. The maximum absolute atomic E-state index is 12.7. The van der Waals surface area contributed by atoms with E-state index in [-0.39, 0.29) is 21.9 Å². The number of aromatic nitrogens is 1. The lowest BCUT2D eigenvalue weighted by molar-refractivity contribution is 0.0590. The number of nitrogens with two attached hydrogens (primary N) is 1. The van der Waals surface area contributed by atoms with E-state index in [1.807, 2.05) is 6.92 Å². The van der Waals surface area contributed by atoms with Crippen LogP contribution in [0, 0.1) is 5.92 Å². The molecule has 1 aromatic heterocycles. The molecule has 1 aliphatic heterocycles. The van der Waals surface area contributed by atoms with Gasteiger partial charge in [-0.2, -0.15) is 4.31 Å². The number of ether oxygens (including phenoxy) is 1. The molecule has 1 aromatic rings. The average molecular weight is 333 g/mol. The number of nitrogens with zero attached hydrogens (tertiary/aromatic N) is 2. The first-order chi connectivity index (χ1) is 9.87. The summed E-state index contributed by atoms with van der Waals surface area (Å²) in [4.78, 5) is 15.4. The van der Waals surface area contributed by atoms with Crippen molar-refractivity contribution in [2.24, 2.45) is 11.7 Å². The van der Waals surface area contributed by atoms with Crippen LogP contribution in [-0.2, 0) is 14.8 Å². The predicted octanol–water partition coefficient (Wildman–Crippen LogP) is 0.678. The topological polar surface area (TPSA) is 103 Å². The molecule has 1 saturated heterocycles. The van der Waals surface area contributed by atoms with E-state index in [0.29, 0.717) is 13.1 Å². The van der Waals surface area contributed by atoms with Gasteiger partial charge in [-0.15, -0.1) is 11.3 Å². The van der Waals surface area contributed by atoms with Crippen LogP contribution in [0.4, 0.5) is 0 Å². The number of methoxy groups -OCH3 is 1. The van der Waals surface area contributed by atoms with E-state index < -0.39 is 16.0 Å². The van der Waals surface area contributed by atoms with Crippen molar-refractivity contribution >= 4 is 27.3 Å². The number of carbonyl (C=O) groups is 1. The van der Waals surface area contributed by atoms with Crippen molar-refractivity contribution in [3.63, 3.8) is 0 Å². The van der Waals surface area contributed by atoms with E-state index in [2.05, 4.69) is 9.72 Å². The van der Waals surface area contributed by atoms with Crippen molar-refractivity contribution in [1.29, 1.82) is 0 Å². The Morgan fingerprint density at radius 1 is 1.62 bits per heavy atom. The Morgan fingerprint density at radius 3 is 2.95 bits per heavy atom. The van der Waals surface area contributed by atoms with Gasteiger partial charge < -0.3 is 10.5 Å². The summed E-state index contributed by atoms with van der Waals surface area (Å²) in [5, 5.41) is 0. The zero-order valence-electron chi connectivity index (χ0n) is 12.0. The second-order valence-electron chi connectivity index (χ2n) is 5.10. The van der Waals surface area contributed by atoms with E-state index >= 15 is 0 Å². The number of sulfonamides is 1. The molecule has 0 spiro atoms. The van der Waals surface area contributed by atoms with Gasteiger partial charge in [-0.05, 0) is 25.7 Å². The summed E-state index contributed by atoms with van der Waals surface area (Å²) in [5.41, 5.74) is 7.08. The number of thiazole rings is 1. The van der Waals surface area contributed by atoms with Gasteiger partial charge in [-0.25, -0.2) is 18.2 Å². The minimum absolute atomic E-state index is 0.0559. The molecule has 7 nitrogen and oxygen atoms in total. The van der Waals surface area contributed by atoms with Gasteiger partial charge in [0.15, 0.2) is 9.90 Å². The Morgan fingerprint density at radius 2 is 2.33 bits per heavy atom. The van der Waals surface area contributed by atoms with Crippen LogP contribution in [0.5, 0.6) is 0 Å². The highest BCUT2D eigenvalue weighted by Gasteiger charge is 2.35. The van der Waals surface area contributed by atoms with Crippen LogP contribution in [0.25, 0.3) is 0 Å². The van der Waals surface area contributed by atoms with Gasteiger partial charge in [0, 0.05) is 19.1 Å². The van der Waals surface area contributed by atoms with Crippen molar-refractivity contribution in [2.45, 2.75) is 30.0 Å². The van der Waals surface area contributed by atoms with E-state index in [1.54, 1.807) is 0 Å². The van der Waals surface area contributed by atoms with Crippen LogP contribution in [0.3, 0.4) is 0 Å². The maximum atomic E-state index is 12.7. The van der Waals surface area contributed by atoms with Gasteiger partial charge in [0.25, 0.3) is 10.0 Å². The highest BCUT2D eigenvalue weighted by Crippen LogP contribution is 2.29. The molecule has 1 aliphatic rings. The van der Waals surface area contributed by atoms with Crippen LogP contribution in [0.1, 0.15) is 30.3 Å². The van der Waals surface area contributed by atoms with E-state index in [1.165, 1.54) is 16.9 Å². The van der Waals surface area contributed by atoms with Gasteiger partial charge >= 0.3 is 5.97 Å². The van der Waals surface area contributed by atoms with Crippen molar-refractivity contribution in [3.8, 4) is 0 Å². The van der Waals surface area contributed by atoms with Crippen LogP contribution < -0.4 is 5.73 Å². The Kier molecular flexibility index (Phi) is 4.97. The predicted molar refractivity (Wildman–Crippen MR) is 78.6 cm³/mol. The quantitative estimate of drug-likeness (QED) is 0.813. The summed E-state index contributed by atoms with van der Waals surface area (Å²) in [5.74, 6) is -0.612. The third kappa shape index (κ3) is 3.25. The van der Waals surface area contributed by atoms with Gasteiger partial charge in [-0.3, -0.25) is 0 Å². The SMILES string of the molecule is COC(=O)c1ncsc1S(=O)(=O)N1CCCC(C(C)N)C1. The average Bonchev–Trinajstić information content (AvgIpc) is 2.96. The van der Waals surface area contributed by atoms with E-state index in [4.69, 9.17) is 5.73 Å². The third-order valence-corrected chi connectivity index (χ3v) is 6.86. The van der Waals surface area contributed by atoms with Gasteiger partial charge in [0.1, 0.15) is 0 Å². The molecule has 1 fully saturated rings. The summed E-state index contributed by atoms with van der Waals surface area (Å²) in [6.07, 6.45) is 1.67. The summed E-state index contributed by atoms with van der Waals surface area (Å²) in [6, 6.07) is -0.0652. The molecule has 0 aromatic carbocycles.